The van der Waals surface area contributed by atoms with Gasteiger partial charge in [-0.05, 0) is 30.0 Å². The molecule has 1 heterocycles. The van der Waals surface area contributed by atoms with Crippen molar-refractivity contribution in [1.29, 1.82) is 0 Å². The maximum absolute atomic E-state index is 5.49. The number of benzene rings is 2. The monoisotopic (exact) mass is 182 g/mol. The Labute approximate surface area is 82.0 Å². The summed E-state index contributed by atoms with van der Waals surface area (Å²) in [6.07, 6.45) is 1.75. The highest BCUT2D eigenvalue weighted by molar-refractivity contribution is 6.05. The van der Waals surface area contributed by atoms with Gasteiger partial charge in [-0.15, -0.1) is 0 Å². The van der Waals surface area contributed by atoms with Gasteiger partial charge in [0.1, 0.15) is 5.58 Å². The van der Waals surface area contributed by atoms with Crippen LogP contribution < -0.4 is 0 Å². The summed E-state index contributed by atoms with van der Waals surface area (Å²) in [6.45, 7) is 2.13. The van der Waals surface area contributed by atoms with Crippen LogP contribution in [0.5, 0.6) is 0 Å². The first-order valence-electron chi connectivity index (χ1n) is 4.72. The fourth-order valence-corrected chi connectivity index (χ4v) is 1.99. The molecule has 0 saturated carbocycles. The lowest BCUT2D eigenvalue weighted by molar-refractivity contribution is 0.619. The predicted octanol–water partition coefficient (Wildman–Crippen LogP) is 3.89. The summed E-state index contributed by atoms with van der Waals surface area (Å²) >= 11 is 0. The lowest BCUT2D eigenvalue weighted by atomic mass is 10.0. The zero-order valence-electron chi connectivity index (χ0n) is 7.95. The number of fused-ring (bicyclic) bond motifs is 3. The van der Waals surface area contributed by atoms with E-state index in [4.69, 9.17) is 4.42 Å². The van der Waals surface area contributed by atoms with Crippen LogP contribution in [0.2, 0.25) is 0 Å². The molecule has 0 aliphatic rings. The second-order valence-electron chi connectivity index (χ2n) is 3.58. The third-order valence-electron chi connectivity index (χ3n) is 2.66. The molecule has 14 heavy (non-hydrogen) atoms. The lowest BCUT2D eigenvalue weighted by Crippen LogP contribution is -1.78. The van der Waals surface area contributed by atoms with Gasteiger partial charge in [-0.25, -0.2) is 0 Å². The Hall–Kier alpha value is -1.76. The van der Waals surface area contributed by atoms with Crippen LogP contribution in [0.15, 0.2) is 47.1 Å². The van der Waals surface area contributed by atoms with Crippen molar-refractivity contribution in [3.8, 4) is 0 Å². The van der Waals surface area contributed by atoms with Gasteiger partial charge >= 0.3 is 0 Å². The summed E-state index contributed by atoms with van der Waals surface area (Å²) in [5.41, 5.74) is 2.29. The van der Waals surface area contributed by atoms with Crippen LogP contribution in [0.1, 0.15) is 5.56 Å². The molecular weight excluding hydrogens is 172 g/mol. The predicted molar refractivity (Wildman–Crippen MR) is 58.5 cm³/mol. The zero-order valence-corrected chi connectivity index (χ0v) is 7.95. The van der Waals surface area contributed by atoms with Crippen LogP contribution in [-0.2, 0) is 0 Å². The molecule has 0 spiro atoms. The van der Waals surface area contributed by atoms with E-state index in [2.05, 4.69) is 31.2 Å². The van der Waals surface area contributed by atoms with Crippen LogP contribution in [0.3, 0.4) is 0 Å². The van der Waals surface area contributed by atoms with Gasteiger partial charge in [0.2, 0.25) is 0 Å². The van der Waals surface area contributed by atoms with Gasteiger partial charge in [0.15, 0.2) is 0 Å². The van der Waals surface area contributed by atoms with E-state index < -0.39 is 0 Å². The highest BCUT2D eigenvalue weighted by Crippen LogP contribution is 2.28. The largest absolute Gasteiger partial charge is 0.464 e. The number of rotatable bonds is 0. The molecule has 0 atom stereocenters. The van der Waals surface area contributed by atoms with Gasteiger partial charge in [-0.1, -0.05) is 24.3 Å². The lowest BCUT2D eigenvalue weighted by Gasteiger charge is -2.01. The van der Waals surface area contributed by atoms with Crippen LogP contribution in [0, 0.1) is 6.92 Å². The first kappa shape index (κ1) is 7.63. The molecular formula is C13H10O. The summed E-state index contributed by atoms with van der Waals surface area (Å²) in [4.78, 5) is 0. The fourth-order valence-electron chi connectivity index (χ4n) is 1.99. The van der Waals surface area contributed by atoms with Gasteiger partial charge in [-0.2, -0.15) is 0 Å². The highest BCUT2D eigenvalue weighted by Gasteiger charge is 2.04. The third-order valence-corrected chi connectivity index (χ3v) is 2.66. The molecule has 0 aliphatic heterocycles. The first-order chi connectivity index (χ1) is 6.86. The van der Waals surface area contributed by atoms with Crippen LogP contribution in [0.4, 0.5) is 0 Å². The van der Waals surface area contributed by atoms with Crippen LogP contribution >= 0.6 is 0 Å². The molecule has 0 bridgehead atoms. The Morgan fingerprint density at radius 2 is 1.79 bits per heavy atom. The molecule has 0 fully saturated rings. The number of aryl methyl sites for hydroxylation is 1. The van der Waals surface area contributed by atoms with E-state index in [0.29, 0.717) is 0 Å². The fraction of sp³-hybridized carbons (Fsp3) is 0.0769. The summed E-state index contributed by atoms with van der Waals surface area (Å²) in [5.74, 6) is 0. The van der Waals surface area contributed by atoms with E-state index in [1.165, 1.54) is 21.7 Å². The van der Waals surface area contributed by atoms with Crippen molar-refractivity contribution in [2.75, 3.05) is 0 Å². The topological polar surface area (TPSA) is 13.1 Å². The Morgan fingerprint density at radius 1 is 1.00 bits per heavy atom. The Morgan fingerprint density at radius 3 is 2.64 bits per heavy atom. The summed E-state index contributed by atoms with van der Waals surface area (Å²) in [5, 5.41) is 3.66. The zero-order chi connectivity index (χ0) is 9.54. The van der Waals surface area contributed by atoms with E-state index in [0.717, 1.165) is 5.58 Å². The number of hydrogen-bond donors (Lipinski definition) is 0. The molecule has 3 aromatic rings. The minimum Gasteiger partial charge on any atom is -0.464 e. The molecule has 0 saturated heterocycles. The summed E-state index contributed by atoms with van der Waals surface area (Å²) in [6, 6.07) is 12.5. The minimum atomic E-state index is 0.992. The van der Waals surface area contributed by atoms with Crippen molar-refractivity contribution in [2.45, 2.75) is 6.92 Å². The summed E-state index contributed by atoms with van der Waals surface area (Å²) < 4.78 is 5.49. The van der Waals surface area contributed by atoms with Crippen molar-refractivity contribution in [3.05, 3.63) is 48.2 Å². The average molecular weight is 182 g/mol. The second-order valence-corrected chi connectivity index (χ2v) is 3.58. The maximum atomic E-state index is 5.49. The molecule has 0 aliphatic carbocycles. The molecule has 3 rings (SSSR count). The highest BCUT2D eigenvalue weighted by atomic mass is 16.3. The molecule has 0 unspecified atom stereocenters. The molecule has 0 radical (unpaired) electrons. The van der Waals surface area contributed by atoms with Gasteiger partial charge < -0.3 is 4.42 Å². The van der Waals surface area contributed by atoms with Crippen molar-refractivity contribution in [3.63, 3.8) is 0 Å². The molecule has 68 valence electrons. The number of hydrogen-bond acceptors (Lipinski definition) is 1. The van der Waals surface area contributed by atoms with Crippen molar-refractivity contribution >= 4 is 21.7 Å². The van der Waals surface area contributed by atoms with Gasteiger partial charge in [0, 0.05) is 10.8 Å². The van der Waals surface area contributed by atoms with E-state index >= 15 is 0 Å². The van der Waals surface area contributed by atoms with E-state index in [1.807, 2.05) is 12.1 Å². The molecule has 2 aromatic carbocycles. The Kier molecular flexibility index (Phi) is 1.42. The van der Waals surface area contributed by atoms with E-state index in [-0.39, 0.29) is 0 Å². The molecule has 1 aromatic heterocycles. The SMILES string of the molecule is Cc1cc2ccoc2c2ccccc12. The smallest absolute Gasteiger partial charge is 0.141 e. The quantitative estimate of drug-likeness (QED) is 0.514. The Balaban J connectivity index is 2.67. The van der Waals surface area contributed by atoms with Crippen molar-refractivity contribution in [2.24, 2.45) is 0 Å². The first-order valence-corrected chi connectivity index (χ1v) is 4.72. The molecule has 0 amide bonds. The van der Waals surface area contributed by atoms with Crippen LogP contribution in [0.25, 0.3) is 21.7 Å². The molecule has 0 N–H and O–H groups in total. The number of furan rings is 1. The van der Waals surface area contributed by atoms with Crippen molar-refractivity contribution < 1.29 is 4.42 Å². The van der Waals surface area contributed by atoms with Crippen molar-refractivity contribution in [1.82, 2.24) is 0 Å². The van der Waals surface area contributed by atoms with Gasteiger partial charge in [0.25, 0.3) is 0 Å². The molecule has 1 nitrogen and oxygen atoms in total. The van der Waals surface area contributed by atoms with Gasteiger partial charge in [0.05, 0.1) is 6.26 Å². The minimum absolute atomic E-state index is 0.992. The normalized spacial score (nSPS) is 11.2. The van der Waals surface area contributed by atoms with E-state index in [1.54, 1.807) is 6.26 Å². The van der Waals surface area contributed by atoms with E-state index in [9.17, 15) is 0 Å². The standard InChI is InChI=1S/C13H10O/c1-9-8-10-6-7-14-13(10)12-5-3-2-4-11(9)12/h2-8H,1H3. The second kappa shape index (κ2) is 2.61. The third kappa shape index (κ3) is 0.896. The maximum Gasteiger partial charge on any atom is 0.141 e. The Bertz CT molecular complexity index is 605. The summed E-state index contributed by atoms with van der Waals surface area (Å²) in [7, 11) is 0. The molecule has 1 heteroatoms. The van der Waals surface area contributed by atoms with Gasteiger partial charge in [-0.3, -0.25) is 0 Å². The van der Waals surface area contributed by atoms with Crippen LogP contribution in [-0.4, -0.2) is 0 Å². The average Bonchev–Trinajstić information content (AvgIpc) is 2.66.